The van der Waals surface area contributed by atoms with Crippen LogP contribution < -0.4 is 10.3 Å². The van der Waals surface area contributed by atoms with E-state index in [0.717, 1.165) is 6.42 Å². The van der Waals surface area contributed by atoms with Gasteiger partial charge in [-0.15, -0.1) is 11.3 Å². The zero-order valence-electron chi connectivity index (χ0n) is 12.0. The van der Waals surface area contributed by atoms with Crippen molar-refractivity contribution in [3.63, 3.8) is 0 Å². The van der Waals surface area contributed by atoms with Crippen LogP contribution in [0.25, 0.3) is 0 Å². The van der Waals surface area contributed by atoms with E-state index in [4.69, 9.17) is 4.74 Å². The van der Waals surface area contributed by atoms with Gasteiger partial charge in [0.2, 0.25) is 0 Å². The number of rotatable bonds is 2. The summed E-state index contributed by atoms with van der Waals surface area (Å²) in [5.41, 5.74) is 1.45. The largest absolute Gasteiger partial charge is 0.496 e. The molecule has 1 amide bonds. The molecule has 110 valence electrons. The molecule has 0 unspecified atom stereocenters. The molecule has 0 aliphatic carbocycles. The van der Waals surface area contributed by atoms with Crippen LogP contribution in [0.3, 0.4) is 0 Å². The van der Waals surface area contributed by atoms with E-state index < -0.39 is 0 Å². The maximum absolute atomic E-state index is 12.7. The summed E-state index contributed by atoms with van der Waals surface area (Å²) in [5.74, 6) is 0.235. The predicted molar refractivity (Wildman–Crippen MR) is 81.0 cm³/mol. The molecule has 3 heterocycles. The Hall–Kier alpha value is -2.08. The standard InChI is InChI=1S/C15H16N2O3S/c1-16-9-11(12(20-2)7-14(16)18)15(19)17-5-3-13-10(8-17)4-6-21-13/h4,6-7,9H,3,5,8H2,1-2H3. The van der Waals surface area contributed by atoms with Gasteiger partial charge in [0.15, 0.2) is 0 Å². The van der Waals surface area contributed by atoms with Crippen molar-refractivity contribution in [2.75, 3.05) is 13.7 Å². The van der Waals surface area contributed by atoms with E-state index in [-0.39, 0.29) is 11.5 Å². The van der Waals surface area contributed by atoms with Gasteiger partial charge in [-0.05, 0) is 23.4 Å². The van der Waals surface area contributed by atoms with E-state index >= 15 is 0 Å². The quantitative estimate of drug-likeness (QED) is 0.848. The molecule has 0 saturated heterocycles. The van der Waals surface area contributed by atoms with E-state index in [0.29, 0.717) is 24.4 Å². The molecule has 1 aliphatic rings. The molecule has 6 heteroatoms. The fraction of sp³-hybridized carbons (Fsp3) is 0.333. The number of hydrogen-bond donors (Lipinski definition) is 0. The van der Waals surface area contributed by atoms with Crippen LogP contribution in [-0.4, -0.2) is 29.0 Å². The van der Waals surface area contributed by atoms with Gasteiger partial charge in [-0.25, -0.2) is 0 Å². The normalized spacial score (nSPS) is 13.9. The highest BCUT2D eigenvalue weighted by molar-refractivity contribution is 7.10. The van der Waals surface area contributed by atoms with Gasteiger partial charge in [-0.3, -0.25) is 9.59 Å². The van der Waals surface area contributed by atoms with Crippen LogP contribution in [-0.2, 0) is 20.0 Å². The Labute approximate surface area is 126 Å². The fourth-order valence-electron chi connectivity index (χ4n) is 2.53. The Bertz CT molecular complexity index is 748. The third-order valence-electron chi connectivity index (χ3n) is 3.74. The SMILES string of the molecule is COc1cc(=O)n(C)cc1C(=O)N1CCc2sccc2C1. The number of aryl methyl sites for hydroxylation is 1. The molecule has 0 fully saturated rings. The number of thiophene rings is 1. The number of amides is 1. The molecule has 0 aromatic carbocycles. The summed E-state index contributed by atoms with van der Waals surface area (Å²) < 4.78 is 6.59. The number of ether oxygens (including phenoxy) is 1. The first-order valence-electron chi connectivity index (χ1n) is 6.69. The molecule has 0 saturated carbocycles. The highest BCUT2D eigenvalue weighted by Gasteiger charge is 2.25. The summed E-state index contributed by atoms with van der Waals surface area (Å²) in [6.45, 7) is 1.31. The van der Waals surface area contributed by atoms with Gasteiger partial charge in [0.1, 0.15) is 5.75 Å². The number of carbonyl (C=O) groups is 1. The number of aromatic nitrogens is 1. The molecular formula is C15H16N2O3S. The van der Waals surface area contributed by atoms with Crippen LogP contribution in [0.1, 0.15) is 20.8 Å². The molecule has 0 atom stereocenters. The first-order chi connectivity index (χ1) is 10.1. The van der Waals surface area contributed by atoms with Gasteiger partial charge in [-0.2, -0.15) is 0 Å². The van der Waals surface area contributed by atoms with Crippen molar-refractivity contribution in [2.24, 2.45) is 7.05 Å². The zero-order chi connectivity index (χ0) is 15.0. The van der Waals surface area contributed by atoms with Gasteiger partial charge in [0.05, 0.1) is 12.7 Å². The topological polar surface area (TPSA) is 51.5 Å². The lowest BCUT2D eigenvalue weighted by Crippen LogP contribution is -2.36. The number of nitrogens with zero attached hydrogens (tertiary/aromatic N) is 2. The van der Waals surface area contributed by atoms with Gasteiger partial charge in [-0.1, -0.05) is 0 Å². The zero-order valence-corrected chi connectivity index (χ0v) is 12.8. The minimum absolute atomic E-state index is 0.0979. The summed E-state index contributed by atoms with van der Waals surface area (Å²) in [4.78, 5) is 27.5. The monoisotopic (exact) mass is 304 g/mol. The first-order valence-corrected chi connectivity index (χ1v) is 7.57. The van der Waals surface area contributed by atoms with Crippen LogP contribution in [0.15, 0.2) is 28.5 Å². The van der Waals surface area contributed by atoms with E-state index in [9.17, 15) is 9.59 Å². The summed E-state index contributed by atoms with van der Waals surface area (Å²) in [7, 11) is 3.10. The maximum Gasteiger partial charge on any atom is 0.259 e. The van der Waals surface area contributed by atoms with Crippen molar-refractivity contribution in [2.45, 2.75) is 13.0 Å². The number of carbonyl (C=O) groups excluding carboxylic acids is 1. The first kappa shape index (κ1) is 13.9. The molecule has 0 bridgehead atoms. The van der Waals surface area contributed by atoms with Crippen molar-refractivity contribution in [1.82, 2.24) is 9.47 Å². The van der Waals surface area contributed by atoms with Crippen molar-refractivity contribution >= 4 is 17.2 Å². The Balaban J connectivity index is 1.93. The molecule has 5 nitrogen and oxygen atoms in total. The van der Waals surface area contributed by atoms with E-state index in [1.807, 2.05) is 0 Å². The summed E-state index contributed by atoms with van der Waals surface area (Å²) in [6, 6.07) is 3.42. The summed E-state index contributed by atoms with van der Waals surface area (Å²) in [6.07, 6.45) is 2.43. The second kappa shape index (κ2) is 5.37. The number of pyridine rings is 1. The Morgan fingerprint density at radius 3 is 3.00 bits per heavy atom. The predicted octanol–water partition coefficient (Wildman–Crippen LogP) is 1.65. The minimum atomic E-state index is -0.192. The van der Waals surface area contributed by atoms with Crippen LogP contribution in [0.2, 0.25) is 0 Å². The van der Waals surface area contributed by atoms with Crippen molar-refractivity contribution in [3.8, 4) is 5.75 Å². The van der Waals surface area contributed by atoms with Crippen LogP contribution >= 0.6 is 11.3 Å². The van der Waals surface area contributed by atoms with E-state index in [1.165, 1.54) is 28.2 Å². The molecule has 0 radical (unpaired) electrons. The van der Waals surface area contributed by atoms with Crippen LogP contribution in [0.4, 0.5) is 0 Å². The third kappa shape index (κ3) is 2.47. The van der Waals surface area contributed by atoms with Gasteiger partial charge in [0, 0.05) is 37.3 Å². The number of hydrogen-bond acceptors (Lipinski definition) is 4. The summed E-state index contributed by atoms with van der Waals surface area (Å²) in [5, 5.41) is 2.06. The Kier molecular flexibility index (Phi) is 3.55. The molecule has 0 N–H and O–H groups in total. The molecule has 3 rings (SSSR count). The highest BCUT2D eigenvalue weighted by atomic mass is 32.1. The number of fused-ring (bicyclic) bond motifs is 1. The van der Waals surface area contributed by atoms with E-state index in [1.54, 1.807) is 29.5 Å². The van der Waals surface area contributed by atoms with Gasteiger partial charge < -0.3 is 14.2 Å². The lowest BCUT2D eigenvalue weighted by atomic mass is 10.1. The lowest BCUT2D eigenvalue weighted by Gasteiger charge is -2.27. The van der Waals surface area contributed by atoms with E-state index in [2.05, 4.69) is 11.4 Å². The van der Waals surface area contributed by atoms with Crippen LogP contribution in [0.5, 0.6) is 5.75 Å². The number of methoxy groups -OCH3 is 1. The van der Waals surface area contributed by atoms with Gasteiger partial charge in [0.25, 0.3) is 11.5 Å². The molecular weight excluding hydrogens is 288 g/mol. The fourth-order valence-corrected chi connectivity index (χ4v) is 3.42. The summed E-state index contributed by atoms with van der Waals surface area (Å²) >= 11 is 1.74. The second-order valence-electron chi connectivity index (χ2n) is 5.05. The molecule has 0 spiro atoms. The Morgan fingerprint density at radius 1 is 1.43 bits per heavy atom. The molecule has 1 aliphatic heterocycles. The minimum Gasteiger partial charge on any atom is -0.496 e. The molecule has 2 aromatic rings. The van der Waals surface area contributed by atoms with Crippen molar-refractivity contribution in [3.05, 3.63) is 50.1 Å². The van der Waals surface area contributed by atoms with Crippen LogP contribution in [0, 0.1) is 0 Å². The second-order valence-corrected chi connectivity index (χ2v) is 6.05. The average Bonchev–Trinajstić information content (AvgIpc) is 2.96. The highest BCUT2D eigenvalue weighted by Crippen LogP contribution is 2.26. The molecule has 2 aromatic heterocycles. The average molecular weight is 304 g/mol. The Morgan fingerprint density at radius 2 is 2.24 bits per heavy atom. The van der Waals surface area contributed by atoms with Gasteiger partial charge >= 0.3 is 0 Å². The molecule has 21 heavy (non-hydrogen) atoms. The lowest BCUT2D eigenvalue weighted by molar-refractivity contribution is 0.0731. The van der Waals surface area contributed by atoms with Crippen molar-refractivity contribution in [1.29, 1.82) is 0 Å². The van der Waals surface area contributed by atoms with Crippen molar-refractivity contribution < 1.29 is 9.53 Å². The maximum atomic E-state index is 12.7. The smallest absolute Gasteiger partial charge is 0.259 e. The third-order valence-corrected chi connectivity index (χ3v) is 4.76.